The molecule has 1 aliphatic rings. The zero-order valence-corrected chi connectivity index (χ0v) is 14.4. The summed E-state index contributed by atoms with van der Waals surface area (Å²) in [5, 5.41) is 2.76. The minimum absolute atomic E-state index is 0.274. The Hall–Kier alpha value is -1.82. The average molecular weight is 382 g/mol. The van der Waals surface area contributed by atoms with Crippen LogP contribution in [0.4, 0.5) is 0 Å². The van der Waals surface area contributed by atoms with Gasteiger partial charge in [-0.25, -0.2) is 4.79 Å². The van der Waals surface area contributed by atoms with Gasteiger partial charge in [-0.05, 0) is 66.2 Å². The van der Waals surface area contributed by atoms with Crippen LogP contribution in [0.2, 0.25) is 0 Å². The average Bonchev–Trinajstić information content (AvgIpc) is 2.97. The lowest BCUT2D eigenvalue weighted by atomic mass is 9.97. The lowest BCUT2D eigenvalue weighted by Crippen LogP contribution is -2.29. The van der Waals surface area contributed by atoms with Crippen molar-refractivity contribution in [3.05, 3.63) is 40.3 Å². The van der Waals surface area contributed by atoms with E-state index in [0.29, 0.717) is 17.0 Å². The third kappa shape index (κ3) is 6.86. The highest BCUT2D eigenvalue weighted by Crippen LogP contribution is 2.19. The van der Waals surface area contributed by atoms with Crippen LogP contribution >= 0.6 is 15.9 Å². The second kappa shape index (κ2) is 9.35. The maximum Gasteiger partial charge on any atom is 0.331 e. The Morgan fingerprint density at radius 1 is 1.35 bits per heavy atom. The first-order valence-corrected chi connectivity index (χ1v) is 8.47. The van der Waals surface area contributed by atoms with Gasteiger partial charge < -0.3 is 14.5 Å². The third-order valence-electron chi connectivity index (χ3n) is 3.48. The van der Waals surface area contributed by atoms with Crippen LogP contribution in [0.1, 0.15) is 37.9 Å². The van der Waals surface area contributed by atoms with Gasteiger partial charge in [-0.1, -0.05) is 11.6 Å². The summed E-state index contributed by atoms with van der Waals surface area (Å²) in [6.07, 6.45) is 10.6. The molecule has 0 saturated heterocycles. The van der Waals surface area contributed by atoms with Crippen LogP contribution < -0.4 is 5.32 Å². The molecule has 124 valence electrons. The molecule has 0 aromatic carbocycles. The Kier molecular flexibility index (Phi) is 7.13. The number of esters is 1. The van der Waals surface area contributed by atoms with Crippen molar-refractivity contribution < 1.29 is 18.7 Å². The third-order valence-corrected chi connectivity index (χ3v) is 3.90. The molecular formula is C17H20BrNO4. The number of furan rings is 1. The summed E-state index contributed by atoms with van der Waals surface area (Å²) in [6.45, 7) is 0.308. The summed E-state index contributed by atoms with van der Waals surface area (Å²) in [6, 6.07) is 3.43. The van der Waals surface area contributed by atoms with Crippen LogP contribution in [-0.2, 0) is 14.3 Å². The fourth-order valence-electron chi connectivity index (χ4n) is 2.30. The van der Waals surface area contributed by atoms with Gasteiger partial charge in [-0.2, -0.15) is 0 Å². The van der Waals surface area contributed by atoms with Crippen LogP contribution in [0, 0.1) is 0 Å². The Bertz CT molecular complexity index is 603. The highest BCUT2D eigenvalue weighted by Gasteiger charge is 2.07. The molecule has 0 spiro atoms. The lowest BCUT2D eigenvalue weighted by Gasteiger charge is -2.12. The monoisotopic (exact) mass is 381 g/mol. The Balaban J connectivity index is 1.60. The maximum absolute atomic E-state index is 11.6. The highest BCUT2D eigenvalue weighted by atomic mass is 79.9. The summed E-state index contributed by atoms with van der Waals surface area (Å²) in [5.41, 5.74) is 1.40. The van der Waals surface area contributed by atoms with Gasteiger partial charge in [0, 0.05) is 12.6 Å². The van der Waals surface area contributed by atoms with Crippen LogP contribution in [0.3, 0.4) is 0 Å². The first kappa shape index (κ1) is 17.5. The molecule has 0 unspecified atom stereocenters. The Morgan fingerprint density at radius 3 is 2.91 bits per heavy atom. The van der Waals surface area contributed by atoms with Gasteiger partial charge in [-0.15, -0.1) is 0 Å². The standard InChI is InChI=1S/C17H20BrNO4/c18-15-8-6-14(23-15)7-9-17(21)22-12-16(20)19-11-10-13-4-2-1-3-5-13/h4,6-9H,1-3,5,10-12H2,(H,19,20)/b9-7+. The number of carbonyl (C=O) groups excluding carboxylic acids is 2. The smallest absolute Gasteiger partial charge is 0.331 e. The topological polar surface area (TPSA) is 68.5 Å². The van der Waals surface area contributed by atoms with Crippen LogP contribution in [0.15, 0.2) is 38.9 Å². The normalized spacial score (nSPS) is 14.6. The molecule has 6 heteroatoms. The quantitative estimate of drug-likeness (QED) is 0.445. The number of amides is 1. The SMILES string of the molecule is O=C(COC(=O)/C=C/c1ccc(Br)o1)NCCC1=CCCCC1. The molecule has 0 radical (unpaired) electrons. The van der Waals surface area contributed by atoms with Crippen molar-refractivity contribution in [3.63, 3.8) is 0 Å². The summed E-state index contributed by atoms with van der Waals surface area (Å²) in [4.78, 5) is 23.1. The molecule has 1 aromatic heterocycles. The first-order valence-electron chi connectivity index (χ1n) is 7.68. The first-order chi connectivity index (χ1) is 11.1. The molecule has 1 aliphatic carbocycles. The minimum Gasteiger partial charge on any atom is -0.452 e. The molecule has 2 rings (SSSR count). The van der Waals surface area contributed by atoms with E-state index in [4.69, 9.17) is 9.15 Å². The summed E-state index contributed by atoms with van der Waals surface area (Å²) >= 11 is 3.17. The largest absolute Gasteiger partial charge is 0.452 e. The molecule has 0 atom stereocenters. The van der Waals surface area contributed by atoms with Crippen LogP contribution in [-0.4, -0.2) is 25.0 Å². The van der Waals surface area contributed by atoms with Gasteiger partial charge in [0.05, 0.1) is 0 Å². The number of halogens is 1. The molecule has 1 heterocycles. The zero-order chi connectivity index (χ0) is 16.5. The van der Waals surface area contributed by atoms with Crippen molar-refractivity contribution in [2.75, 3.05) is 13.2 Å². The van der Waals surface area contributed by atoms with E-state index < -0.39 is 5.97 Å². The van der Waals surface area contributed by atoms with Crippen LogP contribution in [0.5, 0.6) is 0 Å². The fraction of sp³-hybridized carbons (Fsp3) is 0.412. The maximum atomic E-state index is 11.6. The number of ether oxygens (including phenoxy) is 1. The highest BCUT2D eigenvalue weighted by molar-refractivity contribution is 9.10. The molecule has 0 fully saturated rings. The lowest BCUT2D eigenvalue weighted by molar-refractivity contribution is -0.143. The minimum atomic E-state index is -0.581. The molecule has 0 saturated carbocycles. The van der Waals surface area contributed by atoms with Crippen molar-refractivity contribution in [2.24, 2.45) is 0 Å². The van der Waals surface area contributed by atoms with Gasteiger partial charge >= 0.3 is 5.97 Å². The second-order valence-electron chi connectivity index (χ2n) is 5.29. The number of hydrogen-bond donors (Lipinski definition) is 1. The molecular weight excluding hydrogens is 362 g/mol. The Morgan fingerprint density at radius 2 is 2.22 bits per heavy atom. The number of carbonyl (C=O) groups is 2. The number of hydrogen-bond acceptors (Lipinski definition) is 4. The summed E-state index contributed by atoms with van der Waals surface area (Å²) < 4.78 is 10.7. The van der Waals surface area contributed by atoms with Crippen LogP contribution in [0.25, 0.3) is 6.08 Å². The van der Waals surface area contributed by atoms with Gasteiger partial charge in [-0.3, -0.25) is 4.79 Å². The molecule has 23 heavy (non-hydrogen) atoms. The predicted octanol–water partition coefficient (Wildman–Crippen LogP) is 3.61. The van der Waals surface area contributed by atoms with E-state index >= 15 is 0 Å². The molecule has 1 amide bonds. The van der Waals surface area contributed by atoms with E-state index in [-0.39, 0.29) is 12.5 Å². The van der Waals surface area contributed by atoms with Crippen molar-refractivity contribution in [1.29, 1.82) is 0 Å². The van der Waals surface area contributed by atoms with Gasteiger partial charge in [0.15, 0.2) is 11.3 Å². The van der Waals surface area contributed by atoms with Crippen molar-refractivity contribution in [1.82, 2.24) is 5.32 Å². The second-order valence-corrected chi connectivity index (χ2v) is 6.07. The zero-order valence-electron chi connectivity index (χ0n) is 12.8. The van der Waals surface area contributed by atoms with E-state index in [9.17, 15) is 9.59 Å². The van der Waals surface area contributed by atoms with E-state index in [1.807, 2.05) is 0 Å². The Labute approximate surface area is 143 Å². The molecule has 0 bridgehead atoms. The molecule has 0 aliphatic heterocycles. The van der Waals surface area contributed by atoms with Crippen molar-refractivity contribution in [3.8, 4) is 0 Å². The van der Waals surface area contributed by atoms with Gasteiger partial charge in [0.2, 0.25) is 0 Å². The number of rotatable bonds is 7. The van der Waals surface area contributed by atoms with Crippen molar-refractivity contribution in [2.45, 2.75) is 32.1 Å². The number of allylic oxidation sites excluding steroid dienone is 1. The molecule has 5 nitrogen and oxygen atoms in total. The summed E-state index contributed by atoms with van der Waals surface area (Å²) in [7, 11) is 0. The fourth-order valence-corrected chi connectivity index (χ4v) is 2.62. The molecule has 1 N–H and O–H groups in total. The van der Waals surface area contributed by atoms with E-state index in [0.717, 1.165) is 19.3 Å². The van der Waals surface area contributed by atoms with E-state index in [1.165, 1.54) is 30.6 Å². The van der Waals surface area contributed by atoms with Gasteiger partial charge in [0.25, 0.3) is 5.91 Å². The van der Waals surface area contributed by atoms with E-state index in [2.05, 4.69) is 27.3 Å². The predicted molar refractivity (Wildman–Crippen MR) is 90.6 cm³/mol. The summed E-state index contributed by atoms with van der Waals surface area (Å²) in [5.74, 6) is -0.342. The van der Waals surface area contributed by atoms with E-state index in [1.54, 1.807) is 12.1 Å². The van der Waals surface area contributed by atoms with Gasteiger partial charge in [0.1, 0.15) is 5.76 Å². The number of nitrogens with one attached hydrogen (secondary N) is 1. The molecule has 1 aromatic rings. The van der Waals surface area contributed by atoms with Crippen molar-refractivity contribution >= 4 is 33.9 Å².